The molecule has 0 heterocycles. The molecule has 0 saturated heterocycles. The minimum atomic E-state index is -0.401. The molecule has 0 unspecified atom stereocenters. The lowest BCUT2D eigenvalue weighted by atomic mass is 10.1. The predicted octanol–water partition coefficient (Wildman–Crippen LogP) is -0.743. The van der Waals surface area contributed by atoms with Crippen molar-refractivity contribution in [1.29, 1.82) is 0 Å². The second-order valence-electron chi connectivity index (χ2n) is 3.22. The Morgan fingerprint density at radius 2 is 1.75 bits per heavy atom. The summed E-state index contributed by atoms with van der Waals surface area (Å²) in [5.41, 5.74) is 0. The van der Waals surface area contributed by atoms with Gasteiger partial charge in [0.25, 0.3) is 0 Å². The van der Waals surface area contributed by atoms with Crippen molar-refractivity contribution < 1.29 is 19.8 Å². The predicted molar refractivity (Wildman–Crippen MR) is 56.1 cm³/mol. The van der Waals surface area contributed by atoms with Crippen molar-refractivity contribution in [1.82, 2.24) is 0 Å². The number of benzene rings is 2. The van der Waals surface area contributed by atoms with Gasteiger partial charge in [0, 0.05) is 16.8 Å². The van der Waals surface area contributed by atoms with Gasteiger partial charge in [-0.15, -0.1) is 0 Å². The Kier molecular flexibility index (Phi) is 2.22. The molecule has 0 aromatic heterocycles. The molecule has 0 radical (unpaired) electrons. The Bertz CT molecular complexity index is 736. The first-order valence-electron chi connectivity index (χ1n) is 4.43. The Morgan fingerprint density at radius 1 is 1.00 bits per heavy atom. The van der Waals surface area contributed by atoms with Crippen LogP contribution in [0.5, 0.6) is 11.5 Å². The number of hydrogen-bond donors (Lipinski definition) is 2. The number of phenolic OH excluding ortho intramolecular Hbond substituents is 2. The van der Waals surface area contributed by atoms with E-state index in [2.05, 4.69) is 0 Å². The molecule has 0 saturated carbocycles. The van der Waals surface area contributed by atoms with Crippen molar-refractivity contribution in [2.24, 2.45) is 0 Å². The molecule has 0 aliphatic carbocycles. The molecule has 0 bridgehead atoms. The van der Waals surface area contributed by atoms with E-state index in [0.29, 0.717) is 5.39 Å². The maximum absolute atomic E-state index is 10.7. The number of hydrogen-bond acceptors (Lipinski definition) is 4. The SMILES string of the molecule is O=C=c1cc(O)c(=C=O)c2c(O)cccc12. The standard InChI is InChI=1S/C12H6O4/c13-5-7-4-11(16)9(6-14)12-8(7)2-1-3-10(12)15/h1-4,15-16H. The molecule has 2 rings (SSSR count). The molecule has 16 heavy (non-hydrogen) atoms. The van der Waals surface area contributed by atoms with Crippen molar-refractivity contribution in [3.05, 3.63) is 34.7 Å². The second-order valence-corrected chi connectivity index (χ2v) is 3.22. The van der Waals surface area contributed by atoms with Crippen molar-refractivity contribution in [2.75, 3.05) is 0 Å². The summed E-state index contributed by atoms with van der Waals surface area (Å²) in [5, 5.41) is 19.5. The molecule has 4 nitrogen and oxygen atoms in total. The van der Waals surface area contributed by atoms with Crippen LogP contribution < -0.4 is 10.4 Å². The fourth-order valence-corrected chi connectivity index (χ4v) is 1.63. The first-order valence-corrected chi connectivity index (χ1v) is 4.43. The second kappa shape index (κ2) is 3.55. The van der Waals surface area contributed by atoms with Gasteiger partial charge in [-0.1, -0.05) is 12.1 Å². The third-order valence-corrected chi connectivity index (χ3v) is 2.33. The number of carbonyl (C=O) groups excluding carboxylic acids is 2. The molecular weight excluding hydrogens is 208 g/mol. The van der Waals surface area contributed by atoms with Crippen LogP contribution in [0.2, 0.25) is 0 Å². The lowest BCUT2D eigenvalue weighted by Gasteiger charge is -2.01. The monoisotopic (exact) mass is 214 g/mol. The van der Waals surface area contributed by atoms with E-state index < -0.39 is 5.75 Å². The van der Waals surface area contributed by atoms with E-state index in [1.165, 1.54) is 12.1 Å². The highest BCUT2D eigenvalue weighted by Gasteiger charge is 2.07. The smallest absolute Gasteiger partial charge is 0.137 e. The van der Waals surface area contributed by atoms with E-state index in [-0.39, 0.29) is 21.6 Å². The summed E-state index contributed by atoms with van der Waals surface area (Å²) < 4.78 is 0. The summed E-state index contributed by atoms with van der Waals surface area (Å²) in [4.78, 5) is 21.4. The molecule has 0 aliphatic heterocycles. The van der Waals surface area contributed by atoms with Crippen LogP contribution in [0.3, 0.4) is 0 Å². The fraction of sp³-hybridized carbons (Fsp3) is 0. The van der Waals surface area contributed by atoms with Crippen LogP contribution in [0.1, 0.15) is 0 Å². The summed E-state index contributed by atoms with van der Waals surface area (Å²) in [6.45, 7) is 0. The first kappa shape index (κ1) is 9.99. The molecule has 0 spiro atoms. The lowest BCUT2D eigenvalue weighted by Crippen LogP contribution is -2.14. The van der Waals surface area contributed by atoms with E-state index in [0.717, 1.165) is 6.07 Å². The molecule has 4 heteroatoms. The van der Waals surface area contributed by atoms with Crippen molar-refractivity contribution in [2.45, 2.75) is 0 Å². The van der Waals surface area contributed by atoms with E-state index in [1.807, 2.05) is 0 Å². The van der Waals surface area contributed by atoms with Gasteiger partial charge in [0.05, 0.1) is 5.22 Å². The van der Waals surface area contributed by atoms with Crippen LogP contribution >= 0.6 is 0 Å². The molecule has 0 fully saturated rings. The van der Waals surface area contributed by atoms with Gasteiger partial charge in [0.15, 0.2) is 0 Å². The summed E-state index contributed by atoms with van der Waals surface area (Å²) in [7, 11) is 0. The molecular formula is C12H6O4. The van der Waals surface area contributed by atoms with Gasteiger partial charge in [-0.05, 0) is 6.07 Å². The van der Waals surface area contributed by atoms with E-state index in [4.69, 9.17) is 0 Å². The van der Waals surface area contributed by atoms with Gasteiger partial charge < -0.3 is 10.2 Å². The minimum Gasteiger partial charge on any atom is -0.507 e. The lowest BCUT2D eigenvalue weighted by molar-refractivity contribution is 0.466. The molecule has 0 amide bonds. The topological polar surface area (TPSA) is 74.6 Å². The zero-order chi connectivity index (χ0) is 11.7. The number of aromatic hydroxyl groups is 2. The summed E-state index contributed by atoms with van der Waals surface area (Å²) in [5.74, 6) is 2.59. The normalized spacial score (nSPS) is 9.75. The molecule has 2 aromatic rings. The van der Waals surface area contributed by atoms with Crippen molar-refractivity contribution in [3.8, 4) is 11.5 Å². The maximum Gasteiger partial charge on any atom is 0.137 e. The molecule has 0 aliphatic rings. The van der Waals surface area contributed by atoms with Gasteiger partial charge in [-0.3, -0.25) is 0 Å². The van der Waals surface area contributed by atoms with Crippen LogP contribution in [-0.2, 0) is 9.59 Å². The Balaban J connectivity index is 3.35. The van der Waals surface area contributed by atoms with Crippen LogP contribution in [0.15, 0.2) is 24.3 Å². The van der Waals surface area contributed by atoms with E-state index >= 15 is 0 Å². The van der Waals surface area contributed by atoms with E-state index in [1.54, 1.807) is 17.9 Å². The average Bonchev–Trinajstić information content (AvgIpc) is 2.29. The number of fused-ring (bicyclic) bond motifs is 1. The molecule has 2 aromatic carbocycles. The Labute approximate surface area is 89.4 Å². The molecule has 0 atom stereocenters. The average molecular weight is 214 g/mol. The number of rotatable bonds is 0. The highest BCUT2D eigenvalue weighted by atomic mass is 16.3. The summed E-state index contributed by atoms with van der Waals surface area (Å²) in [6, 6.07) is 5.56. The fourth-order valence-electron chi connectivity index (χ4n) is 1.63. The van der Waals surface area contributed by atoms with Gasteiger partial charge in [0.2, 0.25) is 0 Å². The minimum absolute atomic E-state index is 0.0856. The highest BCUT2D eigenvalue weighted by Crippen LogP contribution is 2.19. The maximum atomic E-state index is 10.7. The van der Waals surface area contributed by atoms with Gasteiger partial charge >= 0.3 is 0 Å². The largest absolute Gasteiger partial charge is 0.507 e. The Hall–Kier alpha value is -2.54. The van der Waals surface area contributed by atoms with Crippen molar-refractivity contribution in [3.63, 3.8) is 0 Å². The van der Waals surface area contributed by atoms with Gasteiger partial charge in [-0.2, -0.15) is 0 Å². The zero-order valence-electron chi connectivity index (χ0n) is 8.02. The Morgan fingerprint density at radius 3 is 2.38 bits per heavy atom. The first-order chi connectivity index (χ1) is 7.69. The van der Waals surface area contributed by atoms with Crippen LogP contribution in [0, 0.1) is 0 Å². The third kappa shape index (κ3) is 1.27. The van der Waals surface area contributed by atoms with E-state index in [9.17, 15) is 19.8 Å². The molecule has 78 valence electrons. The number of phenols is 2. The third-order valence-electron chi connectivity index (χ3n) is 2.33. The van der Waals surface area contributed by atoms with Crippen LogP contribution in [0.4, 0.5) is 0 Å². The van der Waals surface area contributed by atoms with Crippen LogP contribution in [0.25, 0.3) is 10.8 Å². The zero-order valence-corrected chi connectivity index (χ0v) is 8.02. The highest BCUT2D eigenvalue weighted by molar-refractivity contribution is 5.94. The van der Waals surface area contributed by atoms with Crippen LogP contribution in [-0.4, -0.2) is 22.1 Å². The quantitative estimate of drug-likeness (QED) is 0.605. The molecule has 2 N–H and O–H groups in total. The summed E-state index contributed by atoms with van der Waals surface area (Å²) >= 11 is 0. The summed E-state index contributed by atoms with van der Waals surface area (Å²) in [6.07, 6.45) is 0. The van der Waals surface area contributed by atoms with Gasteiger partial charge in [-0.25, -0.2) is 9.59 Å². The van der Waals surface area contributed by atoms with Gasteiger partial charge in [0.1, 0.15) is 28.6 Å². The van der Waals surface area contributed by atoms with Crippen molar-refractivity contribution >= 4 is 22.7 Å².